The zero-order valence-corrected chi connectivity index (χ0v) is 12.5. The van der Waals surface area contributed by atoms with Crippen molar-refractivity contribution in [3.8, 4) is 0 Å². The van der Waals surface area contributed by atoms with E-state index in [1.807, 2.05) is 42.5 Å². The lowest BCUT2D eigenvalue weighted by molar-refractivity contribution is -0.120. The van der Waals surface area contributed by atoms with Crippen LogP contribution < -0.4 is 10.6 Å². The summed E-state index contributed by atoms with van der Waals surface area (Å²) in [7, 11) is 0. The predicted molar refractivity (Wildman–Crippen MR) is 85.5 cm³/mol. The lowest BCUT2D eigenvalue weighted by atomic mass is 10.1. The van der Waals surface area contributed by atoms with Crippen LogP contribution in [0.25, 0.3) is 10.8 Å². The van der Waals surface area contributed by atoms with Gasteiger partial charge in [0.15, 0.2) is 0 Å². The molecular weight excluding hydrogens is 288 g/mol. The van der Waals surface area contributed by atoms with Crippen LogP contribution in [0.1, 0.15) is 13.3 Å². The van der Waals surface area contributed by atoms with E-state index in [1.165, 1.54) is 0 Å². The fourth-order valence-electron chi connectivity index (χ4n) is 1.99. The van der Waals surface area contributed by atoms with Gasteiger partial charge in [-0.15, -0.1) is 11.6 Å². The first-order valence-corrected chi connectivity index (χ1v) is 7.21. The number of fused-ring (bicyclic) bond motifs is 1. The van der Waals surface area contributed by atoms with Gasteiger partial charge in [-0.25, -0.2) is 0 Å². The van der Waals surface area contributed by atoms with Crippen molar-refractivity contribution in [1.29, 1.82) is 0 Å². The van der Waals surface area contributed by atoms with E-state index in [4.69, 9.17) is 11.6 Å². The number of nitrogens with one attached hydrogen (secondary N) is 2. The average Bonchev–Trinajstić information content (AvgIpc) is 2.47. The summed E-state index contributed by atoms with van der Waals surface area (Å²) in [6, 6.07) is 13.6. The van der Waals surface area contributed by atoms with E-state index in [9.17, 15) is 9.59 Å². The van der Waals surface area contributed by atoms with Crippen LogP contribution in [-0.4, -0.2) is 23.7 Å². The van der Waals surface area contributed by atoms with Crippen LogP contribution >= 0.6 is 11.6 Å². The quantitative estimate of drug-likeness (QED) is 0.835. The van der Waals surface area contributed by atoms with E-state index in [0.717, 1.165) is 16.5 Å². The topological polar surface area (TPSA) is 58.2 Å². The molecule has 21 heavy (non-hydrogen) atoms. The Kier molecular flexibility index (Phi) is 5.17. The molecule has 0 aliphatic heterocycles. The monoisotopic (exact) mass is 304 g/mol. The Labute approximate surface area is 128 Å². The Morgan fingerprint density at radius 1 is 1.14 bits per heavy atom. The Hall–Kier alpha value is -2.07. The molecule has 5 heteroatoms. The minimum Gasteiger partial charge on any atom is -0.354 e. The van der Waals surface area contributed by atoms with Crippen molar-refractivity contribution in [2.24, 2.45) is 0 Å². The van der Waals surface area contributed by atoms with Crippen LogP contribution in [0.15, 0.2) is 42.5 Å². The molecule has 0 aliphatic carbocycles. The highest BCUT2D eigenvalue weighted by Gasteiger charge is 2.09. The van der Waals surface area contributed by atoms with Gasteiger partial charge < -0.3 is 10.6 Å². The number of hydrogen-bond acceptors (Lipinski definition) is 2. The van der Waals surface area contributed by atoms with E-state index < -0.39 is 5.38 Å². The largest absolute Gasteiger partial charge is 0.354 e. The van der Waals surface area contributed by atoms with Gasteiger partial charge in [-0.2, -0.15) is 0 Å². The molecule has 2 amide bonds. The van der Waals surface area contributed by atoms with E-state index in [-0.39, 0.29) is 24.8 Å². The molecule has 2 N–H and O–H groups in total. The van der Waals surface area contributed by atoms with Crippen molar-refractivity contribution in [1.82, 2.24) is 5.32 Å². The molecule has 4 nitrogen and oxygen atoms in total. The van der Waals surface area contributed by atoms with Crippen molar-refractivity contribution in [3.05, 3.63) is 42.5 Å². The third-order valence-corrected chi connectivity index (χ3v) is 3.27. The molecule has 0 saturated carbocycles. The summed E-state index contributed by atoms with van der Waals surface area (Å²) in [6.07, 6.45) is 0.207. The lowest BCUT2D eigenvalue weighted by Crippen LogP contribution is -2.32. The lowest BCUT2D eigenvalue weighted by Gasteiger charge is -2.09. The molecule has 0 fully saturated rings. The number of anilines is 1. The minimum atomic E-state index is -0.592. The second-order valence-corrected chi connectivity index (χ2v) is 5.39. The molecule has 1 unspecified atom stereocenters. The fraction of sp³-hybridized carbons (Fsp3) is 0.250. The predicted octanol–water partition coefficient (Wildman–Crippen LogP) is 2.91. The summed E-state index contributed by atoms with van der Waals surface area (Å²) in [5, 5.41) is 6.94. The standard InChI is InChI=1S/C16H17ClN2O2/c1-11(17)16(21)18-10-9-15(20)19-14-8-4-6-12-5-2-3-7-13(12)14/h2-8,11H,9-10H2,1H3,(H,18,21)(H,19,20). The highest BCUT2D eigenvalue weighted by atomic mass is 35.5. The number of hydrogen-bond donors (Lipinski definition) is 2. The van der Waals surface area contributed by atoms with Crippen LogP contribution in [0, 0.1) is 0 Å². The molecule has 0 aliphatic rings. The number of benzene rings is 2. The molecule has 2 aromatic rings. The Morgan fingerprint density at radius 3 is 2.62 bits per heavy atom. The van der Waals surface area contributed by atoms with Crippen LogP contribution in [0.3, 0.4) is 0 Å². The number of carbonyl (C=O) groups is 2. The minimum absolute atomic E-state index is 0.145. The van der Waals surface area contributed by atoms with Crippen molar-refractivity contribution in [2.75, 3.05) is 11.9 Å². The second kappa shape index (κ2) is 7.09. The molecule has 110 valence electrons. The van der Waals surface area contributed by atoms with Gasteiger partial charge in [0, 0.05) is 24.0 Å². The summed E-state index contributed by atoms with van der Waals surface area (Å²) >= 11 is 5.63. The zero-order chi connectivity index (χ0) is 15.2. The summed E-state index contributed by atoms with van der Waals surface area (Å²) in [6.45, 7) is 1.86. The Balaban J connectivity index is 1.94. The maximum Gasteiger partial charge on any atom is 0.237 e. The van der Waals surface area contributed by atoms with Gasteiger partial charge in [-0.3, -0.25) is 9.59 Å². The SMILES string of the molecule is CC(Cl)C(=O)NCCC(=O)Nc1cccc2ccccc12. The summed E-state index contributed by atoms with van der Waals surface area (Å²) in [5.41, 5.74) is 0.773. The van der Waals surface area contributed by atoms with Crippen molar-refractivity contribution < 1.29 is 9.59 Å². The first-order chi connectivity index (χ1) is 10.1. The summed E-state index contributed by atoms with van der Waals surface area (Å²) in [4.78, 5) is 23.2. The highest BCUT2D eigenvalue weighted by molar-refractivity contribution is 6.30. The smallest absolute Gasteiger partial charge is 0.237 e. The van der Waals surface area contributed by atoms with Gasteiger partial charge in [0.1, 0.15) is 5.38 Å². The Morgan fingerprint density at radius 2 is 1.86 bits per heavy atom. The summed E-state index contributed by atoms with van der Waals surface area (Å²) < 4.78 is 0. The normalized spacial score (nSPS) is 11.9. The van der Waals surface area contributed by atoms with Crippen molar-refractivity contribution >= 4 is 39.9 Å². The molecule has 0 saturated heterocycles. The van der Waals surface area contributed by atoms with Gasteiger partial charge in [-0.05, 0) is 18.4 Å². The maximum absolute atomic E-state index is 11.9. The van der Waals surface area contributed by atoms with Crippen LogP contribution in [0.2, 0.25) is 0 Å². The van der Waals surface area contributed by atoms with E-state index >= 15 is 0 Å². The Bertz CT molecular complexity index is 650. The number of carbonyl (C=O) groups excluding carboxylic acids is 2. The van der Waals surface area contributed by atoms with Gasteiger partial charge in [0.05, 0.1) is 0 Å². The zero-order valence-electron chi connectivity index (χ0n) is 11.7. The first-order valence-electron chi connectivity index (χ1n) is 6.77. The van der Waals surface area contributed by atoms with Gasteiger partial charge in [-0.1, -0.05) is 36.4 Å². The average molecular weight is 305 g/mol. The highest BCUT2D eigenvalue weighted by Crippen LogP contribution is 2.22. The van der Waals surface area contributed by atoms with Crippen LogP contribution in [0.4, 0.5) is 5.69 Å². The fourth-order valence-corrected chi connectivity index (χ4v) is 2.06. The van der Waals surface area contributed by atoms with E-state index in [2.05, 4.69) is 10.6 Å². The molecule has 0 spiro atoms. The first kappa shape index (κ1) is 15.3. The molecule has 0 heterocycles. The van der Waals surface area contributed by atoms with Gasteiger partial charge in [0.2, 0.25) is 11.8 Å². The maximum atomic E-state index is 11.9. The van der Waals surface area contributed by atoms with Gasteiger partial charge in [0.25, 0.3) is 0 Å². The molecule has 2 rings (SSSR count). The van der Waals surface area contributed by atoms with Gasteiger partial charge >= 0.3 is 0 Å². The number of halogens is 1. The number of alkyl halides is 1. The summed E-state index contributed by atoms with van der Waals surface area (Å²) in [5.74, 6) is -0.413. The third kappa shape index (κ3) is 4.20. The van der Waals surface area contributed by atoms with Crippen LogP contribution in [-0.2, 0) is 9.59 Å². The van der Waals surface area contributed by atoms with Crippen molar-refractivity contribution in [2.45, 2.75) is 18.7 Å². The molecule has 0 bridgehead atoms. The van der Waals surface area contributed by atoms with Crippen LogP contribution in [0.5, 0.6) is 0 Å². The molecule has 0 radical (unpaired) electrons. The number of amides is 2. The van der Waals surface area contributed by atoms with E-state index in [1.54, 1.807) is 6.92 Å². The van der Waals surface area contributed by atoms with E-state index in [0.29, 0.717) is 0 Å². The molecular formula is C16H17ClN2O2. The molecule has 2 aromatic carbocycles. The third-order valence-electron chi connectivity index (χ3n) is 3.08. The molecule has 0 aromatic heterocycles. The second-order valence-electron chi connectivity index (χ2n) is 4.73. The molecule has 1 atom stereocenters. The van der Waals surface area contributed by atoms with Crippen molar-refractivity contribution in [3.63, 3.8) is 0 Å². The number of rotatable bonds is 5.